The maximum atomic E-state index is 13.6. The lowest BCUT2D eigenvalue weighted by atomic mass is 9.72. The van der Waals surface area contributed by atoms with Crippen LogP contribution in [0, 0.1) is 5.41 Å². The fraction of sp³-hybridized carbons (Fsp3) is 0.609. The molecule has 1 fully saturated rings. The van der Waals surface area contributed by atoms with Gasteiger partial charge in [-0.15, -0.1) is 0 Å². The molecule has 0 bridgehead atoms. The van der Waals surface area contributed by atoms with Gasteiger partial charge >= 0.3 is 5.97 Å². The van der Waals surface area contributed by atoms with Gasteiger partial charge in [0.1, 0.15) is 5.78 Å². The second-order valence-electron chi connectivity index (χ2n) is 8.21. The quantitative estimate of drug-likeness (QED) is 0.686. The molecule has 1 aromatic carbocycles. The standard InChI is InChI=1S/C21H29NO4.C2H6/c1-15(23)14-21(16-10-8-7-9-11-16)12-13-22(17(21)24)20(4,5)19(2,3)18(25)26-6;1-2/h7-11H,12-14H2,1-6H3;1-2H3. The van der Waals surface area contributed by atoms with Crippen molar-refractivity contribution in [1.29, 1.82) is 0 Å². The normalized spacial score (nSPS) is 19.7. The average molecular weight is 390 g/mol. The molecule has 1 unspecified atom stereocenters. The fourth-order valence-corrected chi connectivity index (χ4v) is 3.86. The number of rotatable bonds is 6. The lowest BCUT2D eigenvalue weighted by molar-refractivity contribution is -0.162. The van der Waals surface area contributed by atoms with Crippen LogP contribution in [0.2, 0.25) is 0 Å². The monoisotopic (exact) mass is 389 g/mol. The van der Waals surface area contributed by atoms with E-state index in [1.54, 1.807) is 18.7 Å². The zero-order chi connectivity index (χ0) is 21.8. The van der Waals surface area contributed by atoms with Crippen LogP contribution in [0.3, 0.4) is 0 Å². The van der Waals surface area contributed by atoms with Crippen LogP contribution >= 0.6 is 0 Å². The summed E-state index contributed by atoms with van der Waals surface area (Å²) in [7, 11) is 1.36. The van der Waals surface area contributed by atoms with Crippen LogP contribution in [0.4, 0.5) is 0 Å². The summed E-state index contributed by atoms with van der Waals surface area (Å²) in [4.78, 5) is 39.7. The van der Waals surface area contributed by atoms with Crippen LogP contribution in [0.15, 0.2) is 30.3 Å². The van der Waals surface area contributed by atoms with Gasteiger partial charge in [0.15, 0.2) is 0 Å². The SMILES string of the molecule is CC.COC(=O)C(C)(C)C(C)(C)N1CCC(CC(C)=O)(c2ccccc2)C1=O. The zero-order valence-electron chi connectivity index (χ0n) is 18.6. The van der Waals surface area contributed by atoms with Crippen molar-refractivity contribution in [3.05, 3.63) is 35.9 Å². The van der Waals surface area contributed by atoms with Crippen LogP contribution in [-0.4, -0.2) is 41.8 Å². The molecule has 1 aliphatic rings. The summed E-state index contributed by atoms with van der Waals surface area (Å²) in [5, 5.41) is 0. The topological polar surface area (TPSA) is 63.7 Å². The van der Waals surface area contributed by atoms with Crippen molar-refractivity contribution >= 4 is 17.7 Å². The number of carbonyl (C=O) groups is 3. The first-order chi connectivity index (χ1) is 13.0. The van der Waals surface area contributed by atoms with Gasteiger partial charge < -0.3 is 9.64 Å². The van der Waals surface area contributed by atoms with Crippen molar-refractivity contribution in [3.63, 3.8) is 0 Å². The molecule has 0 spiro atoms. The molecular weight excluding hydrogens is 354 g/mol. The third-order valence-electron chi connectivity index (χ3n) is 6.19. The molecule has 1 heterocycles. The molecular formula is C23H35NO4. The number of Topliss-reactive ketones (excluding diaryl/α,β-unsaturated/α-hetero) is 1. The average Bonchev–Trinajstić information content (AvgIpc) is 3.00. The molecule has 1 atom stereocenters. The van der Waals surface area contributed by atoms with E-state index >= 15 is 0 Å². The Bertz CT molecular complexity index is 709. The van der Waals surface area contributed by atoms with Gasteiger partial charge in [0.25, 0.3) is 0 Å². The van der Waals surface area contributed by atoms with Crippen molar-refractivity contribution in [1.82, 2.24) is 4.90 Å². The summed E-state index contributed by atoms with van der Waals surface area (Å²) >= 11 is 0. The molecule has 156 valence electrons. The molecule has 0 radical (unpaired) electrons. The van der Waals surface area contributed by atoms with E-state index in [4.69, 9.17) is 4.74 Å². The smallest absolute Gasteiger partial charge is 0.313 e. The molecule has 1 aliphatic heterocycles. The molecule has 2 rings (SSSR count). The Morgan fingerprint density at radius 3 is 2.11 bits per heavy atom. The van der Waals surface area contributed by atoms with Gasteiger partial charge in [-0.3, -0.25) is 14.4 Å². The summed E-state index contributed by atoms with van der Waals surface area (Å²) in [6.07, 6.45) is 0.719. The molecule has 5 heteroatoms. The molecule has 0 aromatic heterocycles. The van der Waals surface area contributed by atoms with Gasteiger partial charge in [-0.1, -0.05) is 44.2 Å². The van der Waals surface area contributed by atoms with E-state index in [1.165, 1.54) is 14.0 Å². The van der Waals surface area contributed by atoms with Gasteiger partial charge in [-0.2, -0.15) is 0 Å². The Morgan fingerprint density at radius 2 is 1.64 bits per heavy atom. The Labute approximate surface area is 169 Å². The number of ketones is 1. The van der Waals surface area contributed by atoms with E-state index in [0.717, 1.165) is 5.56 Å². The van der Waals surface area contributed by atoms with Crippen molar-refractivity contribution in [3.8, 4) is 0 Å². The first-order valence-electron chi connectivity index (χ1n) is 9.96. The predicted molar refractivity (Wildman–Crippen MR) is 111 cm³/mol. The van der Waals surface area contributed by atoms with Crippen LogP contribution in [0.1, 0.15) is 66.9 Å². The lowest BCUT2D eigenvalue weighted by Crippen LogP contribution is -2.59. The summed E-state index contributed by atoms with van der Waals surface area (Å²) in [6.45, 7) is 13.4. The van der Waals surface area contributed by atoms with Gasteiger partial charge in [-0.25, -0.2) is 0 Å². The summed E-state index contributed by atoms with van der Waals surface area (Å²) in [6, 6.07) is 9.48. The van der Waals surface area contributed by atoms with E-state index in [1.807, 2.05) is 58.0 Å². The Kier molecular flexibility index (Phi) is 7.58. The maximum absolute atomic E-state index is 13.6. The molecule has 0 aliphatic carbocycles. The highest BCUT2D eigenvalue weighted by atomic mass is 16.5. The molecule has 5 nitrogen and oxygen atoms in total. The third kappa shape index (κ3) is 3.98. The molecule has 1 amide bonds. The number of nitrogens with zero attached hydrogens (tertiary/aromatic N) is 1. The van der Waals surface area contributed by atoms with Crippen LogP contribution in [0.25, 0.3) is 0 Å². The van der Waals surface area contributed by atoms with E-state index in [-0.39, 0.29) is 24.1 Å². The van der Waals surface area contributed by atoms with Crippen molar-refractivity contribution in [2.75, 3.05) is 13.7 Å². The minimum atomic E-state index is -0.888. The Morgan fingerprint density at radius 1 is 1.11 bits per heavy atom. The zero-order valence-corrected chi connectivity index (χ0v) is 18.6. The molecule has 0 N–H and O–H groups in total. The fourth-order valence-electron chi connectivity index (χ4n) is 3.86. The Balaban J connectivity index is 0.00000190. The van der Waals surface area contributed by atoms with Gasteiger partial charge in [0.2, 0.25) is 5.91 Å². The number of esters is 1. The number of ether oxygens (including phenoxy) is 1. The van der Waals surface area contributed by atoms with E-state index in [0.29, 0.717) is 13.0 Å². The minimum Gasteiger partial charge on any atom is -0.469 e. The number of benzene rings is 1. The van der Waals surface area contributed by atoms with E-state index in [2.05, 4.69) is 0 Å². The molecule has 0 saturated carbocycles. The second-order valence-corrected chi connectivity index (χ2v) is 8.21. The highest BCUT2D eigenvalue weighted by molar-refractivity contribution is 5.96. The summed E-state index contributed by atoms with van der Waals surface area (Å²) in [5.74, 6) is -0.478. The first-order valence-corrected chi connectivity index (χ1v) is 9.96. The minimum absolute atomic E-state index is 0.0194. The lowest BCUT2D eigenvalue weighted by Gasteiger charge is -2.46. The van der Waals surface area contributed by atoms with Gasteiger partial charge in [0, 0.05) is 13.0 Å². The first kappa shape index (κ1) is 23.9. The number of carbonyl (C=O) groups excluding carboxylic acids is 3. The van der Waals surface area contributed by atoms with E-state index in [9.17, 15) is 14.4 Å². The predicted octanol–water partition coefficient (Wildman–Crippen LogP) is 4.14. The number of hydrogen-bond acceptors (Lipinski definition) is 4. The van der Waals surface area contributed by atoms with Crippen LogP contribution in [0.5, 0.6) is 0 Å². The summed E-state index contributed by atoms with van der Waals surface area (Å²) < 4.78 is 4.97. The Hall–Kier alpha value is -2.17. The molecule has 1 saturated heterocycles. The van der Waals surface area contributed by atoms with Crippen molar-refractivity contribution < 1.29 is 19.1 Å². The van der Waals surface area contributed by atoms with Crippen molar-refractivity contribution in [2.45, 2.75) is 72.3 Å². The highest BCUT2D eigenvalue weighted by Gasteiger charge is 2.57. The second kappa shape index (κ2) is 8.89. The molecule has 28 heavy (non-hydrogen) atoms. The number of hydrogen-bond donors (Lipinski definition) is 0. The van der Waals surface area contributed by atoms with Crippen molar-refractivity contribution in [2.24, 2.45) is 5.41 Å². The third-order valence-corrected chi connectivity index (χ3v) is 6.19. The largest absolute Gasteiger partial charge is 0.469 e. The maximum Gasteiger partial charge on any atom is 0.313 e. The van der Waals surface area contributed by atoms with Gasteiger partial charge in [-0.05, 0) is 46.6 Å². The molecule has 1 aromatic rings. The van der Waals surface area contributed by atoms with Crippen LogP contribution < -0.4 is 0 Å². The number of amides is 1. The van der Waals surface area contributed by atoms with Crippen LogP contribution in [-0.2, 0) is 24.5 Å². The summed E-state index contributed by atoms with van der Waals surface area (Å²) in [5.41, 5.74) is -1.66. The van der Waals surface area contributed by atoms with E-state index < -0.39 is 16.4 Å². The number of methoxy groups -OCH3 is 1. The van der Waals surface area contributed by atoms with Gasteiger partial charge in [0.05, 0.1) is 23.5 Å². The number of likely N-dealkylation sites (tertiary alicyclic amines) is 1. The highest BCUT2D eigenvalue weighted by Crippen LogP contribution is 2.46.